The van der Waals surface area contributed by atoms with Crippen molar-refractivity contribution in [1.82, 2.24) is 5.32 Å². The highest BCUT2D eigenvalue weighted by Gasteiger charge is 2.21. The number of hydrogen-bond acceptors (Lipinski definition) is 4. The number of nitrogens with one attached hydrogen (secondary N) is 1. The van der Waals surface area contributed by atoms with Crippen LogP contribution in [0.1, 0.15) is 17.5 Å². The van der Waals surface area contributed by atoms with Crippen molar-refractivity contribution < 1.29 is 9.57 Å². The molecule has 1 heterocycles. The zero-order valence-corrected chi connectivity index (χ0v) is 13.7. The molecule has 120 valence electrons. The maximum absolute atomic E-state index is 5.98. The highest BCUT2D eigenvalue weighted by atomic mass is 35.5. The molecular formula is C18H19ClN2O2. The van der Waals surface area contributed by atoms with E-state index in [1.54, 1.807) is 7.11 Å². The van der Waals surface area contributed by atoms with Crippen molar-refractivity contribution in [3.8, 4) is 5.75 Å². The summed E-state index contributed by atoms with van der Waals surface area (Å²) in [5, 5.41) is 8.34. The van der Waals surface area contributed by atoms with Crippen LogP contribution in [0.5, 0.6) is 5.75 Å². The van der Waals surface area contributed by atoms with Gasteiger partial charge in [-0.1, -0.05) is 28.9 Å². The van der Waals surface area contributed by atoms with E-state index in [1.807, 2.05) is 48.5 Å². The summed E-state index contributed by atoms with van der Waals surface area (Å²) in [6, 6.07) is 15.7. The second-order valence-corrected chi connectivity index (χ2v) is 5.90. The number of halogens is 1. The molecule has 0 fully saturated rings. The van der Waals surface area contributed by atoms with Gasteiger partial charge < -0.3 is 14.9 Å². The van der Waals surface area contributed by atoms with E-state index in [9.17, 15) is 0 Å². The molecule has 0 unspecified atom stereocenters. The lowest BCUT2D eigenvalue weighted by Crippen LogP contribution is -2.26. The zero-order valence-electron chi connectivity index (χ0n) is 13.0. The van der Waals surface area contributed by atoms with E-state index in [2.05, 4.69) is 10.5 Å². The van der Waals surface area contributed by atoms with Crippen molar-refractivity contribution in [3.63, 3.8) is 0 Å². The lowest BCUT2D eigenvalue weighted by atomic mass is 10.0. The maximum Gasteiger partial charge on any atom is 0.145 e. The topological polar surface area (TPSA) is 42.9 Å². The molecule has 0 radical (unpaired) electrons. The van der Waals surface area contributed by atoms with Gasteiger partial charge in [0.2, 0.25) is 0 Å². The van der Waals surface area contributed by atoms with Crippen molar-refractivity contribution in [1.29, 1.82) is 0 Å². The van der Waals surface area contributed by atoms with Crippen molar-refractivity contribution in [2.75, 3.05) is 13.7 Å². The van der Waals surface area contributed by atoms with Crippen LogP contribution in [0.4, 0.5) is 0 Å². The van der Waals surface area contributed by atoms with Gasteiger partial charge in [-0.3, -0.25) is 0 Å². The SMILES string of the molecule is COc1ccc(C2=NO[C@@H](CNCc3cccc(Cl)c3)C2)cc1. The normalized spacial score (nSPS) is 16.8. The monoisotopic (exact) mass is 330 g/mol. The molecule has 1 aliphatic heterocycles. The van der Waals surface area contributed by atoms with Crippen LogP contribution in [-0.2, 0) is 11.4 Å². The van der Waals surface area contributed by atoms with Crippen LogP contribution in [0.15, 0.2) is 53.7 Å². The van der Waals surface area contributed by atoms with E-state index in [0.717, 1.165) is 47.1 Å². The highest BCUT2D eigenvalue weighted by Crippen LogP contribution is 2.19. The predicted octanol–water partition coefficient (Wildman–Crippen LogP) is 3.63. The van der Waals surface area contributed by atoms with E-state index < -0.39 is 0 Å². The third-order valence-corrected chi connectivity index (χ3v) is 3.98. The van der Waals surface area contributed by atoms with Gasteiger partial charge in [0, 0.05) is 24.5 Å². The molecule has 0 aromatic heterocycles. The second-order valence-electron chi connectivity index (χ2n) is 5.46. The summed E-state index contributed by atoms with van der Waals surface area (Å²) in [6.07, 6.45) is 0.862. The number of benzene rings is 2. The van der Waals surface area contributed by atoms with E-state index in [-0.39, 0.29) is 6.10 Å². The number of ether oxygens (including phenoxy) is 1. The van der Waals surface area contributed by atoms with Gasteiger partial charge in [-0.05, 0) is 47.5 Å². The van der Waals surface area contributed by atoms with Crippen LogP contribution in [-0.4, -0.2) is 25.5 Å². The minimum atomic E-state index is 0.0614. The molecule has 2 aromatic carbocycles. The summed E-state index contributed by atoms with van der Waals surface area (Å²) in [5.41, 5.74) is 3.21. The van der Waals surface area contributed by atoms with Crippen molar-refractivity contribution in [2.45, 2.75) is 19.1 Å². The Balaban J connectivity index is 1.47. The number of oxime groups is 1. The van der Waals surface area contributed by atoms with Crippen LogP contribution in [0.3, 0.4) is 0 Å². The molecule has 0 bridgehead atoms. The summed E-state index contributed by atoms with van der Waals surface area (Å²) < 4.78 is 5.17. The molecule has 0 saturated carbocycles. The van der Waals surface area contributed by atoms with Gasteiger partial charge in [-0.25, -0.2) is 0 Å². The minimum Gasteiger partial charge on any atom is -0.497 e. The molecule has 4 nitrogen and oxygen atoms in total. The lowest BCUT2D eigenvalue weighted by molar-refractivity contribution is 0.0848. The molecule has 5 heteroatoms. The Morgan fingerprint density at radius 2 is 2.09 bits per heavy atom. The molecule has 0 aliphatic carbocycles. The fourth-order valence-corrected chi connectivity index (χ4v) is 2.73. The fraction of sp³-hybridized carbons (Fsp3) is 0.278. The van der Waals surface area contributed by atoms with Gasteiger partial charge in [0.15, 0.2) is 0 Å². The van der Waals surface area contributed by atoms with Gasteiger partial charge >= 0.3 is 0 Å². The number of hydrogen-bond donors (Lipinski definition) is 1. The second kappa shape index (κ2) is 7.49. The van der Waals surface area contributed by atoms with Crippen LogP contribution in [0, 0.1) is 0 Å². The van der Waals surface area contributed by atoms with Crippen molar-refractivity contribution >= 4 is 17.3 Å². The van der Waals surface area contributed by atoms with Crippen molar-refractivity contribution in [3.05, 3.63) is 64.7 Å². The molecule has 0 amide bonds. The van der Waals surface area contributed by atoms with E-state index in [0.29, 0.717) is 0 Å². The van der Waals surface area contributed by atoms with Crippen LogP contribution >= 0.6 is 11.6 Å². The molecular weight excluding hydrogens is 312 g/mol. The molecule has 3 rings (SSSR count). The molecule has 0 spiro atoms. The third-order valence-electron chi connectivity index (χ3n) is 3.75. The average Bonchev–Trinajstić information content (AvgIpc) is 3.04. The molecule has 23 heavy (non-hydrogen) atoms. The predicted molar refractivity (Wildman–Crippen MR) is 92.2 cm³/mol. The molecule has 1 atom stereocenters. The Labute approximate surface area is 141 Å². The van der Waals surface area contributed by atoms with Gasteiger partial charge in [-0.2, -0.15) is 0 Å². The Kier molecular flexibility index (Phi) is 5.16. The molecule has 0 saturated heterocycles. The van der Waals surface area contributed by atoms with Gasteiger partial charge in [0.05, 0.1) is 12.8 Å². The summed E-state index contributed by atoms with van der Waals surface area (Å²) in [7, 11) is 1.66. The van der Waals surface area contributed by atoms with Gasteiger partial charge in [0.25, 0.3) is 0 Å². The largest absolute Gasteiger partial charge is 0.497 e. The van der Waals surface area contributed by atoms with Gasteiger partial charge in [0.1, 0.15) is 11.9 Å². The number of methoxy groups -OCH3 is 1. The van der Waals surface area contributed by atoms with Crippen LogP contribution < -0.4 is 10.1 Å². The summed E-state index contributed by atoms with van der Waals surface area (Å²) >= 11 is 5.98. The molecule has 2 aromatic rings. The lowest BCUT2D eigenvalue weighted by Gasteiger charge is -2.10. The smallest absolute Gasteiger partial charge is 0.145 e. The first-order valence-electron chi connectivity index (χ1n) is 7.57. The average molecular weight is 331 g/mol. The molecule has 1 N–H and O–H groups in total. The molecule has 1 aliphatic rings. The number of rotatable bonds is 6. The first-order chi connectivity index (χ1) is 11.2. The third kappa shape index (κ3) is 4.24. The maximum atomic E-state index is 5.98. The first-order valence-corrected chi connectivity index (χ1v) is 7.94. The van der Waals surface area contributed by atoms with Gasteiger partial charge in [-0.15, -0.1) is 0 Å². The minimum absolute atomic E-state index is 0.0614. The Bertz CT molecular complexity index is 686. The first kappa shape index (κ1) is 15.8. The zero-order chi connectivity index (χ0) is 16.1. The van der Waals surface area contributed by atoms with Crippen LogP contribution in [0.2, 0.25) is 5.02 Å². The Morgan fingerprint density at radius 1 is 1.26 bits per heavy atom. The number of nitrogens with zero attached hydrogens (tertiary/aromatic N) is 1. The quantitative estimate of drug-likeness (QED) is 0.879. The Morgan fingerprint density at radius 3 is 2.83 bits per heavy atom. The Hall–Kier alpha value is -2.04. The standard InChI is InChI=1S/C18H19ClN2O2/c1-22-16-7-5-14(6-8-16)18-10-17(23-21-18)12-20-11-13-3-2-4-15(19)9-13/h2-9,17,20H,10-12H2,1H3/t17-/m1/s1. The summed E-state index contributed by atoms with van der Waals surface area (Å²) in [4.78, 5) is 5.51. The highest BCUT2D eigenvalue weighted by molar-refractivity contribution is 6.30. The van der Waals surface area contributed by atoms with Crippen molar-refractivity contribution in [2.24, 2.45) is 5.16 Å². The van der Waals surface area contributed by atoms with Crippen LogP contribution in [0.25, 0.3) is 0 Å². The van der Waals surface area contributed by atoms with E-state index in [4.69, 9.17) is 21.2 Å². The summed E-state index contributed by atoms with van der Waals surface area (Å²) in [6.45, 7) is 1.51. The summed E-state index contributed by atoms with van der Waals surface area (Å²) in [5.74, 6) is 0.841. The van der Waals surface area contributed by atoms with E-state index >= 15 is 0 Å². The van der Waals surface area contributed by atoms with E-state index in [1.165, 1.54) is 0 Å². The fourth-order valence-electron chi connectivity index (χ4n) is 2.52.